The SMILES string of the molecule is COC(=O)c1cccc(Nc2cccc(C(C)C)c2)c1N. The van der Waals surface area contributed by atoms with E-state index in [2.05, 4.69) is 31.3 Å². The third-order valence-electron chi connectivity index (χ3n) is 3.34. The average molecular weight is 284 g/mol. The number of carbonyl (C=O) groups is 1. The fraction of sp³-hybridized carbons (Fsp3) is 0.235. The number of nitrogens with one attached hydrogen (secondary N) is 1. The smallest absolute Gasteiger partial charge is 0.340 e. The minimum Gasteiger partial charge on any atom is -0.465 e. The van der Waals surface area contributed by atoms with Gasteiger partial charge in [-0.3, -0.25) is 0 Å². The van der Waals surface area contributed by atoms with Gasteiger partial charge in [0.2, 0.25) is 0 Å². The fourth-order valence-corrected chi connectivity index (χ4v) is 2.09. The van der Waals surface area contributed by atoms with Crippen LogP contribution in [0.25, 0.3) is 0 Å². The first-order valence-electron chi connectivity index (χ1n) is 6.86. The first kappa shape index (κ1) is 14.9. The Morgan fingerprint density at radius 2 is 1.90 bits per heavy atom. The molecule has 0 amide bonds. The van der Waals surface area contributed by atoms with Crippen molar-refractivity contribution in [3.63, 3.8) is 0 Å². The number of methoxy groups -OCH3 is 1. The second-order valence-electron chi connectivity index (χ2n) is 5.16. The second kappa shape index (κ2) is 6.31. The van der Waals surface area contributed by atoms with Crippen LogP contribution in [0.4, 0.5) is 17.1 Å². The molecule has 0 aliphatic heterocycles. The lowest BCUT2D eigenvalue weighted by Crippen LogP contribution is -2.07. The van der Waals surface area contributed by atoms with E-state index in [0.29, 0.717) is 22.9 Å². The fourth-order valence-electron chi connectivity index (χ4n) is 2.09. The molecule has 0 fully saturated rings. The molecule has 0 saturated carbocycles. The molecule has 0 unspecified atom stereocenters. The van der Waals surface area contributed by atoms with E-state index in [1.54, 1.807) is 12.1 Å². The van der Waals surface area contributed by atoms with E-state index < -0.39 is 5.97 Å². The first-order chi connectivity index (χ1) is 10.0. The van der Waals surface area contributed by atoms with Crippen molar-refractivity contribution in [2.24, 2.45) is 0 Å². The summed E-state index contributed by atoms with van der Waals surface area (Å²) in [5.74, 6) is 0.0116. The summed E-state index contributed by atoms with van der Waals surface area (Å²) in [6.45, 7) is 4.29. The van der Waals surface area contributed by atoms with Gasteiger partial charge in [-0.2, -0.15) is 0 Å². The van der Waals surface area contributed by atoms with Crippen molar-refractivity contribution in [3.8, 4) is 0 Å². The molecule has 2 rings (SSSR count). The van der Waals surface area contributed by atoms with Gasteiger partial charge in [-0.25, -0.2) is 4.79 Å². The summed E-state index contributed by atoms with van der Waals surface area (Å²) in [5, 5.41) is 3.25. The molecule has 0 heterocycles. The molecule has 4 heteroatoms. The number of benzene rings is 2. The summed E-state index contributed by atoms with van der Waals surface area (Å²) < 4.78 is 4.73. The number of anilines is 3. The Kier molecular flexibility index (Phi) is 4.48. The molecule has 0 aliphatic rings. The van der Waals surface area contributed by atoms with Crippen LogP contribution in [-0.4, -0.2) is 13.1 Å². The van der Waals surface area contributed by atoms with Crippen molar-refractivity contribution in [1.82, 2.24) is 0 Å². The molecule has 0 saturated heterocycles. The van der Waals surface area contributed by atoms with E-state index in [9.17, 15) is 4.79 Å². The van der Waals surface area contributed by atoms with E-state index in [-0.39, 0.29) is 0 Å². The molecular weight excluding hydrogens is 264 g/mol. The molecule has 0 bridgehead atoms. The zero-order chi connectivity index (χ0) is 15.4. The van der Waals surface area contributed by atoms with Gasteiger partial charge in [0.05, 0.1) is 24.0 Å². The van der Waals surface area contributed by atoms with Crippen LogP contribution in [0, 0.1) is 0 Å². The van der Waals surface area contributed by atoms with Crippen molar-refractivity contribution in [2.45, 2.75) is 19.8 Å². The minimum absolute atomic E-state index is 0.363. The van der Waals surface area contributed by atoms with Crippen molar-refractivity contribution < 1.29 is 9.53 Å². The van der Waals surface area contributed by atoms with Crippen LogP contribution in [0.3, 0.4) is 0 Å². The van der Waals surface area contributed by atoms with Crippen LogP contribution in [-0.2, 0) is 4.74 Å². The minimum atomic E-state index is -0.438. The second-order valence-corrected chi connectivity index (χ2v) is 5.16. The van der Waals surface area contributed by atoms with Crippen LogP contribution in [0.15, 0.2) is 42.5 Å². The van der Waals surface area contributed by atoms with Gasteiger partial charge in [-0.1, -0.05) is 32.0 Å². The number of ether oxygens (including phenoxy) is 1. The number of nitrogen functional groups attached to an aromatic ring is 1. The van der Waals surface area contributed by atoms with E-state index in [1.807, 2.05) is 18.2 Å². The molecule has 110 valence electrons. The Bertz CT molecular complexity index is 651. The predicted octanol–water partition coefficient (Wildman–Crippen LogP) is 3.92. The highest BCUT2D eigenvalue weighted by molar-refractivity contribution is 5.98. The quantitative estimate of drug-likeness (QED) is 0.659. The van der Waals surface area contributed by atoms with E-state index in [0.717, 1.165) is 5.69 Å². The van der Waals surface area contributed by atoms with Crippen molar-refractivity contribution >= 4 is 23.0 Å². The standard InChI is InChI=1S/C17H20N2O2/c1-11(2)12-6-4-7-13(10-12)19-15-9-5-8-14(16(15)18)17(20)21-3/h4-11,19H,18H2,1-3H3. The van der Waals surface area contributed by atoms with Gasteiger partial charge in [0.1, 0.15) is 0 Å². The van der Waals surface area contributed by atoms with Gasteiger partial charge < -0.3 is 15.8 Å². The third-order valence-corrected chi connectivity index (χ3v) is 3.34. The summed E-state index contributed by atoms with van der Waals surface area (Å²) in [6.07, 6.45) is 0. The van der Waals surface area contributed by atoms with Crippen molar-refractivity contribution in [1.29, 1.82) is 0 Å². The molecule has 0 spiro atoms. The maximum atomic E-state index is 11.7. The highest BCUT2D eigenvalue weighted by atomic mass is 16.5. The number of hydrogen-bond acceptors (Lipinski definition) is 4. The number of para-hydroxylation sites is 1. The molecule has 21 heavy (non-hydrogen) atoms. The predicted molar refractivity (Wildman–Crippen MR) is 86.0 cm³/mol. The van der Waals surface area contributed by atoms with Crippen molar-refractivity contribution in [3.05, 3.63) is 53.6 Å². The number of esters is 1. The Morgan fingerprint density at radius 1 is 1.19 bits per heavy atom. The summed E-state index contributed by atoms with van der Waals surface area (Å²) >= 11 is 0. The highest BCUT2D eigenvalue weighted by Crippen LogP contribution is 2.28. The van der Waals surface area contributed by atoms with Crippen LogP contribution in [0.1, 0.15) is 35.7 Å². The molecule has 0 aliphatic carbocycles. The van der Waals surface area contributed by atoms with Crippen LogP contribution < -0.4 is 11.1 Å². The average Bonchev–Trinajstić information content (AvgIpc) is 2.49. The lowest BCUT2D eigenvalue weighted by atomic mass is 10.0. The zero-order valence-electron chi connectivity index (χ0n) is 12.5. The van der Waals surface area contributed by atoms with Gasteiger partial charge in [0.15, 0.2) is 0 Å². The number of nitrogens with two attached hydrogens (primary N) is 1. The molecule has 4 nitrogen and oxygen atoms in total. The van der Waals surface area contributed by atoms with Gasteiger partial charge in [0.25, 0.3) is 0 Å². The maximum absolute atomic E-state index is 11.7. The summed E-state index contributed by atoms with van der Waals surface area (Å²) in [7, 11) is 1.34. The largest absolute Gasteiger partial charge is 0.465 e. The molecule has 2 aromatic carbocycles. The Hall–Kier alpha value is -2.49. The molecule has 0 atom stereocenters. The molecule has 2 aromatic rings. The molecule has 0 aromatic heterocycles. The van der Waals surface area contributed by atoms with Crippen LogP contribution in [0.5, 0.6) is 0 Å². The van der Waals surface area contributed by atoms with Crippen LogP contribution in [0.2, 0.25) is 0 Å². The summed E-state index contributed by atoms with van der Waals surface area (Å²) in [5.41, 5.74) is 9.67. The van der Waals surface area contributed by atoms with Crippen molar-refractivity contribution in [2.75, 3.05) is 18.2 Å². The van der Waals surface area contributed by atoms with Crippen LogP contribution >= 0.6 is 0 Å². The topological polar surface area (TPSA) is 64.3 Å². The first-order valence-corrected chi connectivity index (χ1v) is 6.86. The van der Waals surface area contributed by atoms with Gasteiger partial charge in [0, 0.05) is 5.69 Å². The zero-order valence-corrected chi connectivity index (χ0v) is 12.5. The van der Waals surface area contributed by atoms with Gasteiger partial charge in [-0.05, 0) is 35.7 Å². The maximum Gasteiger partial charge on any atom is 0.340 e. The van der Waals surface area contributed by atoms with E-state index in [4.69, 9.17) is 10.5 Å². The third kappa shape index (κ3) is 3.34. The Labute approximate surface area is 124 Å². The Balaban J connectivity index is 2.32. The molecule has 3 N–H and O–H groups in total. The highest BCUT2D eigenvalue weighted by Gasteiger charge is 2.12. The number of hydrogen-bond donors (Lipinski definition) is 2. The lowest BCUT2D eigenvalue weighted by Gasteiger charge is -2.13. The lowest BCUT2D eigenvalue weighted by molar-refractivity contribution is 0.0602. The number of carbonyl (C=O) groups excluding carboxylic acids is 1. The summed E-state index contributed by atoms with van der Waals surface area (Å²) in [6, 6.07) is 13.4. The van der Waals surface area contributed by atoms with E-state index in [1.165, 1.54) is 12.7 Å². The monoisotopic (exact) mass is 284 g/mol. The number of rotatable bonds is 4. The van der Waals surface area contributed by atoms with Gasteiger partial charge >= 0.3 is 5.97 Å². The Morgan fingerprint density at radius 3 is 2.57 bits per heavy atom. The van der Waals surface area contributed by atoms with E-state index >= 15 is 0 Å². The normalized spacial score (nSPS) is 10.5. The summed E-state index contributed by atoms with van der Waals surface area (Å²) in [4.78, 5) is 11.7. The molecular formula is C17H20N2O2. The molecule has 0 radical (unpaired) electrons. The van der Waals surface area contributed by atoms with Gasteiger partial charge in [-0.15, -0.1) is 0 Å².